The number of hydrogen-bond acceptors (Lipinski definition) is 16. The molecule has 0 N–H and O–H groups in total. The van der Waals surface area contributed by atoms with Crippen LogP contribution in [0.3, 0.4) is 0 Å². The molecule has 634 valence electrons. The zero-order valence-corrected chi connectivity index (χ0v) is 71.2. The van der Waals surface area contributed by atoms with Gasteiger partial charge in [0.1, 0.15) is 29.0 Å². The summed E-state index contributed by atoms with van der Waals surface area (Å²) in [6, 6.07) is 63.0. The molecule has 0 spiro atoms. The van der Waals surface area contributed by atoms with Gasteiger partial charge in [0.05, 0.1) is 22.8 Å². The number of ketones is 2. The number of carbonyl (C=O) groups excluding carboxylic acids is 5. The summed E-state index contributed by atoms with van der Waals surface area (Å²) in [4.78, 5) is 88.4. The first-order chi connectivity index (χ1) is 59.0. The molecule has 0 bridgehead atoms. The van der Waals surface area contributed by atoms with Gasteiger partial charge in [-0.15, -0.1) is 0 Å². The van der Waals surface area contributed by atoms with E-state index in [1.54, 1.807) is 38.3 Å². The lowest BCUT2D eigenvalue weighted by molar-refractivity contribution is -0.384. The van der Waals surface area contributed by atoms with Gasteiger partial charge >= 0.3 is 30.3 Å². The van der Waals surface area contributed by atoms with Crippen LogP contribution in [0.2, 0.25) is 0 Å². The number of fused-ring (bicyclic) bond motifs is 11. The largest absolute Gasteiger partial charge is 0.488 e. The second-order valence-electron chi connectivity index (χ2n) is 30.6. The summed E-state index contributed by atoms with van der Waals surface area (Å²) in [6.07, 6.45) is 0.147. The number of hydrogen-bond donors (Lipinski definition) is 0. The molecule has 3 aromatic heterocycles. The first-order valence-corrected chi connectivity index (χ1v) is 40.8. The Hall–Kier alpha value is -13.5. The van der Waals surface area contributed by atoms with Crippen molar-refractivity contribution in [2.75, 3.05) is 20.3 Å². The molecule has 14 aromatic rings. The highest BCUT2D eigenvalue weighted by molar-refractivity contribution is 6.28. The number of nitro groups is 1. The van der Waals surface area contributed by atoms with E-state index in [1.807, 2.05) is 199 Å². The number of oxime groups is 3. The second kappa shape index (κ2) is 38.9. The Balaban J connectivity index is 0.000000178. The van der Waals surface area contributed by atoms with Crippen molar-refractivity contribution in [3.05, 3.63) is 289 Å². The Kier molecular flexibility index (Phi) is 28.1. The molecule has 0 saturated heterocycles. The summed E-state index contributed by atoms with van der Waals surface area (Å²) in [5.41, 5.74) is 16.2. The summed E-state index contributed by atoms with van der Waals surface area (Å²) in [6.45, 7) is 25.0. The van der Waals surface area contributed by atoms with Gasteiger partial charge in [0.25, 0.3) is 5.69 Å². The lowest BCUT2D eigenvalue weighted by atomic mass is 9.89. The minimum atomic E-state index is -4.40. The Morgan fingerprint density at radius 1 is 0.496 bits per heavy atom. The van der Waals surface area contributed by atoms with Gasteiger partial charge in [-0.05, 0) is 192 Å². The molecule has 0 fully saturated rings. The number of aromatic nitrogens is 3. The maximum absolute atomic E-state index is 14.7. The van der Waals surface area contributed by atoms with Crippen LogP contribution in [0.25, 0.3) is 76.2 Å². The van der Waals surface area contributed by atoms with Crippen LogP contribution in [-0.2, 0) is 53.3 Å². The molecule has 2 atom stereocenters. The Bertz CT molecular complexity index is 6480. The monoisotopic (exact) mass is 1670 g/mol. The first kappa shape index (κ1) is 88.8. The van der Waals surface area contributed by atoms with E-state index in [0.717, 1.165) is 148 Å². The number of unbranched alkanes of at least 4 members (excludes halogenated alkanes) is 1. The molecule has 11 aromatic carbocycles. The first-order valence-electron chi connectivity index (χ1n) is 40.8. The average molecular weight is 1670 g/mol. The van der Waals surface area contributed by atoms with E-state index < -0.39 is 41.8 Å². The highest BCUT2D eigenvalue weighted by atomic mass is 19.3. The van der Waals surface area contributed by atoms with Gasteiger partial charge in [0, 0.05) is 169 Å². The summed E-state index contributed by atoms with van der Waals surface area (Å²) >= 11 is 0. The van der Waals surface area contributed by atoms with Crippen molar-refractivity contribution < 1.29 is 75.2 Å². The highest BCUT2D eigenvalue weighted by Gasteiger charge is 2.42. The average Bonchev–Trinajstić information content (AvgIpc) is 1.58. The predicted octanol–water partition coefficient (Wildman–Crippen LogP) is 23.0. The molecular formula is C99H97F4N7O13. The Labute approximate surface area is 709 Å². The number of alkyl halides is 4. The van der Waals surface area contributed by atoms with Crippen LogP contribution >= 0.6 is 0 Å². The van der Waals surface area contributed by atoms with Crippen LogP contribution < -0.4 is 9.47 Å². The number of nitrogens with zero attached hydrogens (tertiary/aromatic N) is 7. The van der Waals surface area contributed by atoms with E-state index in [9.17, 15) is 51.6 Å². The Morgan fingerprint density at radius 2 is 1.00 bits per heavy atom. The molecule has 123 heavy (non-hydrogen) atoms. The van der Waals surface area contributed by atoms with Crippen molar-refractivity contribution >= 4 is 128 Å². The molecule has 3 heterocycles. The molecule has 0 amide bonds. The maximum Gasteiger partial charge on any atom is 0.340 e. The molecule has 0 aliphatic rings. The fourth-order valence-electron chi connectivity index (χ4n) is 16.0. The van der Waals surface area contributed by atoms with Crippen LogP contribution in [0.1, 0.15) is 170 Å². The predicted molar refractivity (Wildman–Crippen MR) is 476 cm³/mol. The number of ether oxygens (including phenoxy) is 3. The smallest absolute Gasteiger partial charge is 0.340 e. The third-order valence-electron chi connectivity index (χ3n) is 21.7. The Morgan fingerprint density at radius 3 is 1.55 bits per heavy atom. The molecular weight excluding hydrogens is 1570 g/mol. The molecule has 0 aliphatic carbocycles. The number of methoxy groups -OCH3 is 1. The zero-order valence-electron chi connectivity index (χ0n) is 71.2. The SMILES string of the molecule is CCCCC(CC)Cn1c2ccc(/C(=N\OC(C)=O)c3ccccc3OCC(F)(F)C(F)F)cc2c2cc(C(=O)c3c(C)cc(C)cc3C)c3ccccc3c21.CCn1c2ccc(/C(=N/OC(C)=O)c3ccc(OC(C)COC)cc3C)cc2c2cc([N+](=O)[O-])ccc21.CCn1c2ccc(C(=O)c3ccccc3)cc2c2cc(/C(C)=N/OC(C)=O)ccc21. The summed E-state index contributed by atoms with van der Waals surface area (Å²) in [5.74, 6) is -5.30. The number of benzene rings is 11. The zero-order chi connectivity index (χ0) is 88.3. The van der Waals surface area contributed by atoms with Gasteiger partial charge in [-0.1, -0.05) is 151 Å². The van der Waals surface area contributed by atoms with E-state index in [-0.39, 0.29) is 40.4 Å². The van der Waals surface area contributed by atoms with E-state index in [2.05, 4.69) is 49.9 Å². The van der Waals surface area contributed by atoms with Crippen LogP contribution in [0.4, 0.5) is 23.2 Å². The van der Waals surface area contributed by atoms with Gasteiger partial charge < -0.3 is 42.4 Å². The number of carbonyl (C=O) groups is 5. The van der Waals surface area contributed by atoms with Crippen molar-refractivity contribution in [1.82, 2.24) is 13.7 Å². The number of rotatable bonds is 29. The van der Waals surface area contributed by atoms with Crippen molar-refractivity contribution in [2.24, 2.45) is 21.4 Å². The summed E-state index contributed by atoms with van der Waals surface area (Å²) in [5, 5.41) is 30.7. The van der Waals surface area contributed by atoms with Crippen LogP contribution in [0.5, 0.6) is 11.5 Å². The fraction of sp³-hybridized carbons (Fsp3) is 0.273. The summed E-state index contributed by atoms with van der Waals surface area (Å²) < 4.78 is 77.2. The molecule has 2 unspecified atom stereocenters. The third-order valence-corrected chi connectivity index (χ3v) is 21.7. The number of nitro benzene ring substituents is 1. The van der Waals surface area contributed by atoms with Crippen molar-refractivity contribution in [3.8, 4) is 11.5 Å². The molecule has 0 aliphatic heterocycles. The number of aryl methyl sites for hydroxylation is 6. The van der Waals surface area contributed by atoms with E-state index >= 15 is 0 Å². The molecule has 0 saturated carbocycles. The quantitative estimate of drug-likeness (QED) is 0.0106. The highest BCUT2D eigenvalue weighted by Crippen LogP contribution is 2.42. The lowest BCUT2D eigenvalue weighted by Gasteiger charge is -2.19. The van der Waals surface area contributed by atoms with Crippen molar-refractivity contribution in [3.63, 3.8) is 0 Å². The maximum atomic E-state index is 14.7. The van der Waals surface area contributed by atoms with Crippen molar-refractivity contribution in [2.45, 2.75) is 154 Å². The lowest BCUT2D eigenvalue weighted by Crippen LogP contribution is -2.34. The summed E-state index contributed by atoms with van der Waals surface area (Å²) in [7, 11) is 1.62. The van der Waals surface area contributed by atoms with Crippen LogP contribution in [0, 0.1) is 43.7 Å². The molecule has 14 rings (SSSR count). The van der Waals surface area contributed by atoms with Gasteiger partial charge in [0.2, 0.25) is 0 Å². The minimum absolute atomic E-state index is 0.00125. The van der Waals surface area contributed by atoms with E-state index in [0.29, 0.717) is 69.6 Å². The third kappa shape index (κ3) is 19.6. The molecule has 24 heteroatoms. The topological polar surface area (TPSA) is 236 Å². The van der Waals surface area contributed by atoms with E-state index in [4.69, 9.17) is 28.7 Å². The van der Waals surface area contributed by atoms with Gasteiger partial charge in [-0.2, -0.15) is 8.78 Å². The number of para-hydroxylation sites is 1. The number of halogens is 4. The van der Waals surface area contributed by atoms with Gasteiger partial charge in [-0.3, -0.25) is 19.7 Å². The normalized spacial score (nSPS) is 12.5. The fourth-order valence-corrected chi connectivity index (χ4v) is 16.0. The molecule has 0 radical (unpaired) electrons. The van der Waals surface area contributed by atoms with Gasteiger partial charge in [-0.25, -0.2) is 23.2 Å². The van der Waals surface area contributed by atoms with Crippen molar-refractivity contribution in [1.29, 1.82) is 0 Å². The standard InChI is InChI=1S/C46H46F4N2O4.C28H29N3O6.C25H22N2O3/c1-7-9-14-31(8-2)25-52-39-20-19-32(42(51-56-30(6)53)35-17-12-13-18-40(35)55-26-46(49,50)45(47)48)23-36(39)37-24-38(33-15-10-11-16-34(33)43(37)52)44(54)41-28(4)21-27(3)22-29(41)5;1-6-30-26-11-7-20(14-24(26)25-15-21(31(33)34)8-12-27(25)30)28(29-37-19(4)32)23-10-9-22(13-17(23)2)36-18(3)16-35-5;1-4-27-23-12-10-19(16(2)26-30-17(3)28)14-21(23)22-15-20(11-13-24(22)27)25(29)18-8-6-5-7-9-18/h10-13,15-24,31,45H,7-9,14,25-26H2,1-6H3;7-15,18H,6,16H2,1-5H3;5-15H,4H2,1-3H3/b51-42+;29-28-;26-16+. The van der Waals surface area contributed by atoms with E-state index in [1.165, 1.54) is 45.0 Å². The van der Waals surface area contributed by atoms with Crippen LogP contribution in [0.15, 0.2) is 222 Å². The second-order valence-corrected chi connectivity index (χ2v) is 30.6. The van der Waals surface area contributed by atoms with Crippen LogP contribution in [-0.4, -0.2) is 104 Å². The van der Waals surface area contributed by atoms with Gasteiger partial charge in [0.15, 0.2) is 18.2 Å². The minimum Gasteiger partial charge on any atom is -0.488 e. The molecule has 20 nitrogen and oxygen atoms in total. The number of non-ortho nitro benzene ring substituents is 1.